The van der Waals surface area contributed by atoms with Crippen molar-refractivity contribution in [3.05, 3.63) is 22.9 Å². The number of rotatable bonds is 5. The Morgan fingerprint density at radius 2 is 2.31 bits per heavy atom. The summed E-state index contributed by atoms with van der Waals surface area (Å²) in [5.41, 5.74) is 6.66. The summed E-state index contributed by atoms with van der Waals surface area (Å²) in [5.74, 6) is 0. The van der Waals surface area contributed by atoms with Crippen molar-refractivity contribution in [3.63, 3.8) is 0 Å². The highest BCUT2D eigenvalue weighted by Crippen LogP contribution is 2.26. The molecule has 0 bridgehead atoms. The van der Waals surface area contributed by atoms with E-state index in [0.29, 0.717) is 11.0 Å². The number of hydrogen-bond acceptors (Lipinski definition) is 3. The molecule has 0 amide bonds. The van der Waals surface area contributed by atoms with Crippen LogP contribution in [0.5, 0.6) is 0 Å². The van der Waals surface area contributed by atoms with E-state index in [2.05, 4.69) is 39.7 Å². The fourth-order valence-corrected chi connectivity index (χ4v) is 2.06. The monoisotopic (exact) mass is 301 g/mol. The van der Waals surface area contributed by atoms with Crippen molar-refractivity contribution in [1.29, 1.82) is 0 Å². The van der Waals surface area contributed by atoms with Crippen LogP contribution in [-0.2, 0) is 0 Å². The van der Waals surface area contributed by atoms with Crippen molar-refractivity contribution < 1.29 is 0 Å². The van der Waals surface area contributed by atoms with Gasteiger partial charge in [-0.05, 0) is 35.8 Å². The fraction of sp³-hybridized carbons (Fsp3) is 0.455. The summed E-state index contributed by atoms with van der Waals surface area (Å²) in [6, 6.07) is 2.39. The molecule has 0 aliphatic rings. The molecule has 0 atom stereocenters. The standard InChI is InChI=1S/C11H16BrN3S/c1-8(2)15(6-4-11(13)16)10-3-5-14-7-9(10)12/h3,5,7-8H,4,6H2,1-2H3,(H2,13,16). The van der Waals surface area contributed by atoms with Gasteiger partial charge in [-0.3, -0.25) is 4.98 Å². The molecule has 0 spiro atoms. The summed E-state index contributed by atoms with van der Waals surface area (Å²) in [6.45, 7) is 5.12. The smallest absolute Gasteiger partial charge is 0.0745 e. The third-order valence-corrected chi connectivity index (χ3v) is 3.10. The molecule has 16 heavy (non-hydrogen) atoms. The van der Waals surface area contributed by atoms with Crippen LogP contribution in [0.15, 0.2) is 22.9 Å². The van der Waals surface area contributed by atoms with Crippen LogP contribution < -0.4 is 10.6 Å². The zero-order valence-corrected chi connectivity index (χ0v) is 11.9. The Balaban J connectivity index is 2.85. The van der Waals surface area contributed by atoms with Crippen LogP contribution in [0.2, 0.25) is 0 Å². The Morgan fingerprint density at radius 1 is 1.62 bits per heavy atom. The van der Waals surface area contributed by atoms with Crippen LogP contribution in [0.3, 0.4) is 0 Å². The highest BCUT2D eigenvalue weighted by Gasteiger charge is 2.13. The lowest BCUT2D eigenvalue weighted by atomic mass is 10.2. The van der Waals surface area contributed by atoms with Crippen LogP contribution in [0.25, 0.3) is 0 Å². The molecule has 3 nitrogen and oxygen atoms in total. The van der Waals surface area contributed by atoms with Crippen molar-refractivity contribution in [2.75, 3.05) is 11.4 Å². The Morgan fingerprint density at radius 3 is 2.81 bits per heavy atom. The second kappa shape index (κ2) is 6.15. The quantitative estimate of drug-likeness (QED) is 0.849. The molecule has 1 aromatic rings. The number of anilines is 1. The predicted molar refractivity (Wildman–Crippen MR) is 75.8 cm³/mol. The van der Waals surface area contributed by atoms with Crippen LogP contribution >= 0.6 is 28.1 Å². The first-order chi connectivity index (χ1) is 7.52. The molecule has 0 unspecified atom stereocenters. The molecule has 0 aliphatic carbocycles. The topological polar surface area (TPSA) is 42.1 Å². The lowest BCUT2D eigenvalue weighted by Gasteiger charge is -2.29. The largest absolute Gasteiger partial charge is 0.393 e. The number of halogens is 1. The zero-order chi connectivity index (χ0) is 12.1. The van der Waals surface area contributed by atoms with Gasteiger partial charge >= 0.3 is 0 Å². The van der Waals surface area contributed by atoms with Crippen molar-refractivity contribution in [3.8, 4) is 0 Å². The van der Waals surface area contributed by atoms with E-state index >= 15 is 0 Å². The number of pyridine rings is 1. The van der Waals surface area contributed by atoms with Crippen LogP contribution in [0, 0.1) is 0 Å². The molecular formula is C11H16BrN3S. The summed E-state index contributed by atoms with van der Waals surface area (Å²) in [4.78, 5) is 6.86. The SMILES string of the molecule is CC(C)N(CCC(N)=S)c1ccncc1Br. The van der Waals surface area contributed by atoms with Gasteiger partial charge in [0.15, 0.2) is 0 Å². The third kappa shape index (κ3) is 3.72. The molecule has 0 radical (unpaired) electrons. The molecule has 1 rings (SSSR count). The summed E-state index contributed by atoms with van der Waals surface area (Å²) in [5, 5.41) is 0. The first-order valence-electron chi connectivity index (χ1n) is 5.17. The number of thiocarbonyl (C=S) groups is 1. The molecule has 0 aromatic carbocycles. The third-order valence-electron chi connectivity index (χ3n) is 2.28. The van der Waals surface area contributed by atoms with E-state index in [9.17, 15) is 0 Å². The van der Waals surface area contributed by atoms with Gasteiger partial charge in [-0.25, -0.2) is 0 Å². The van der Waals surface area contributed by atoms with E-state index in [1.165, 1.54) is 0 Å². The maximum absolute atomic E-state index is 5.54. The van der Waals surface area contributed by atoms with E-state index < -0.39 is 0 Å². The van der Waals surface area contributed by atoms with Gasteiger partial charge in [-0.15, -0.1) is 0 Å². The molecule has 0 saturated carbocycles. The summed E-state index contributed by atoms with van der Waals surface area (Å²) in [7, 11) is 0. The number of nitrogens with zero attached hydrogens (tertiary/aromatic N) is 2. The molecular weight excluding hydrogens is 286 g/mol. The Kier molecular flexibility index (Phi) is 5.15. The second-order valence-corrected chi connectivity index (χ2v) is 5.21. The van der Waals surface area contributed by atoms with E-state index in [-0.39, 0.29) is 0 Å². The van der Waals surface area contributed by atoms with Crippen molar-refractivity contribution in [2.24, 2.45) is 5.73 Å². The van der Waals surface area contributed by atoms with E-state index in [1.54, 1.807) is 12.4 Å². The van der Waals surface area contributed by atoms with Crippen LogP contribution in [0.1, 0.15) is 20.3 Å². The average molecular weight is 302 g/mol. The molecule has 1 heterocycles. The minimum atomic E-state index is 0.396. The van der Waals surface area contributed by atoms with E-state index in [0.717, 1.165) is 23.1 Å². The summed E-state index contributed by atoms with van der Waals surface area (Å²) >= 11 is 8.41. The van der Waals surface area contributed by atoms with Gasteiger partial charge in [0.25, 0.3) is 0 Å². The average Bonchev–Trinajstić information content (AvgIpc) is 2.20. The first-order valence-corrected chi connectivity index (χ1v) is 6.37. The first kappa shape index (κ1) is 13.4. The van der Waals surface area contributed by atoms with Gasteiger partial charge < -0.3 is 10.6 Å². The van der Waals surface area contributed by atoms with Crippen LogP contribution in [-0.4, -0.2) is 22.6 Å². The van der Waals surface area contributed by atoms with Gasteiger partial charge in [0.05, 0.1) is 15.1 Å². The Labute approximate surface area is 110 Å². The Hall–Kier alpha value is -0.680. The van der Waals surface area contributed by atoms with Gasteiger partial charge in [-0.2, -0.15) is 0 Å². The molecule has 2 N–H and O–H groups in total. The highest BCUT2D eigenvalue weighted by atomic mass is 79.9. The van der Waals surface area contributed by atoms with Crippen molar-refractivity contribution in [2.45, 2.75) is 26.3 Å². The Bertz CT molecular complexity index is 368. The molecule has 88 valence electrons. The van der Waals surface area contributed by atoms with Crippen molar-refractivity contribution in [1.82, 2.24) is 4.98 Å². The maximum Gasteiger partial charge on any atom is 0.0745 e. The minimum absolute atomic E-state index is 0.396. The van der Waals surface area contributed by atoms with Crippen molar-refractivity contribution >= 4 is 38.8 Å². The summed E-state index contributed by atoms with van der Waals surface area (Å²) in [6.07, 6.45) is 4.31. The summed E-state index contributed by atoms with van der Waals surface area (Å²) < 4.78 is 0.992. The molecule has 0 aliphatic heterocycles. The zero-order valence-electron chi connectivity index (χ0n) is 9.48. The van der Waals surface area contributed by atoms with Crippen LogP contribution in [0.4, 0.5) is 5.69 Å². The second-order valence-electron chi connectivity index (χ2n) is 3.83. The minimum Gasteiger partial charge on any atom is -0.393 e. The van der Waals surface area contributed by atoms with Gasteiger partial charge in [0, 0.05) is 31.4 Å². The van der Waals surface area contributed by atoms with Gasteiger partial charge in [0.1, 0.15) is 0 Å². The number of nitrogens with two attached hydrogens (primary N) is 1. The van der Waals surface area contributed by atoms with E-state index in [1.807, 2.05) is 6.07 Å². The highest BCUT2D eigenvalue weighted by molar-refractivity contribution is 9.10. The lowest BCUT2D eigenvalue weighted by Crippen LogP contribution is -2.33. The van der Waals surface area contributed by atoms with Gasteiger partial charge in [0.2, 0.25) is 0 Å². The number of hydrogen-bond donors (Lipinski definition) is 1. The molecule has 1 aromatic heterocycles. The van der Waals surface area contributed by atoms with E-state index in [4.69, 9.17) is 18.0 Å². The lowest BCUT2D eigenvalue weighted by molar-refractivity contribution is 0.689. The predicted octanol–water partition coefficient (Wildman–Crippen LogP) is 2.74. The van der Waals surface area contributed by atoms with Gasteiger partial charge in [-0.1, -0.05) is 12.2 Å². The fourth-order valence-electron chi connectivity index (χ4n) is 1.49. The molecule has 0 fully saturated rings. The maximum atomic E-state index is 5.54. The molecule has 5 heteroatoms. The number of aromatic nitrogens is 1. The molecule has 0 saturated heterocycles. The normalized spacial score (nSPS) is 10.5.